The standard InChI is InChI=1S/C13H17N5OS/c1-12(2,3)9-6-18-10(15-9)20-11(16-18)17-7-13(19,8-17)4-5-14/h6,19H,4,7-8H2,1-3H3. The highest BCUT2D eigenvalue weighted by atomic mass is 32.1. The summed E-state index contributed by atoms with van der Waals surface area (Å²) in [6.45, 7) is 7.29. The van der Waals surface area contributed by atoms with Gasteiger partial charge in [0.1, 0.15) is 5.60 Å². The normalized spacial score (nSPS) is 18.1. The number of anilines is 1. The summed E-state index contributed by atoms with van der Waals surface area (Å²) in [6.07, 6.45) is 2.12. The Morgan fingerprint density at radius 3 is 2.75 bits per heavy atom. The maximum Gasteiger partial charge on any atom is 0.214 e. The fourth-order valence-corrected chi connectivity index (χ4v) is 3.12. The van der Waals surface area contributed by atoms with Crippen molar-refractivity contribution in [3.05, 3.63) is 11.9 Å². The zero-order valence-corrected chi connectivity index (χ0v) is 12.6. The molecule has 0 amide bonds. The second kappa shape index (κ2) is 4.17. The maximum absolute atomic E-state index is 10.0. The molecule has 0 unspecified atom stereocenters. The van der Waals surface area contributed by atoms with Crippen molar-refractivity contribution in [1.29, 1.82) is 5.26 Å². The topological polar surface area (TPSA) is 77.5 Å². The van der Waals surface area contributed by atoms with Crippen LogP contribution in [0.4, 0.5) is 5.13 Å². The van der Waals surface area contributed by atoms with Crippen LogP contribution in [0.2, 0.25) is 0 Å². The van der Waals surface area contributed by atoms with E-state index in [0.717, 1.165) is 15.8 Å². The number of fused-ring (bicyclic) bond motifs is 1. The number of β-amino-alcohol motifs (C(OH)–C–C–N with tert-alkyl or cyclic N) is 1. The van der Waals surface area contributed by atoms with Gasteiger partial charge in [0, 0.05) is 5.41 Å². The van der Waals surface area contributed by atoms with E-state index in [1.54, 1.807) is 4.52 Å². The van der Waals surface area contributed by atoms with E-state index in [-0.39, 0.29) is 11.8 Å². The third-order valence-corrected chi connectivity index (χ3v) is 4.43. The van der Waals surface area contributed by atoms with Gasteiger partial charge in [0.05, 0.1) is 37.5 Å². The van der Waals surface area contributed by atoms with Gasteiger partial charge in [0.15, 0.2) is 0 Å². The Labute approximate surface area is 121 Å². The highest BCUT2D eigenvalue weighted by Crippen LogP contribution is 2.33. The molecule has 1 N–H and O–H groups in total. The molecule has 6 nitrogen and oxygen atoms in total. The van der Waals surface area contributed by atoms with Crippen molar-refractivity contribution in [2.75, 3.05) is 18.0 Å². The van der Waals surface area contributed by atoms with Gasteiger partial charge < -0.3 is 10.0 Å². The van der Waals surface area contributed by atoms with E-state index in [1.165, 1.54) is 11.3 Å². The molecule has 1 aliphatic rings. The summed E-state index contributed by atoms with van der Waals surface area (Å²) in [5.74, 6) is 0. The van der Waals surface area contributed by atoms with Crippen LogP contribution in [0.15, 0.2) is 6.20 Å². The van der Waals surface area contributed by atoms with Crippen LogP contribution >= 0.6 is 11.3 Å². The number of hydrogen-bond acceptors (Lipinski definition) is 6. The Morgan fingerprint density at radius 1 is 1.50 bits per heavy atom. The SMILES string of the molecule is CC(C)(C)c1cn2nc(N3CC(O)(CC#N)C3)sc2n1. The zero-order valence-electron chi connectivity index (χ0n) is 11.8. The summed E-state index contributed by atoms with van der Waals surface area (Å²) in [6, 6.07) is 2.02. The lowest BCUT2D eigenvalue weighted by Crippen LogP contribution is -2.61. The Balaban J connectivity index is 1.79. The lowest BCUT2D eigenvalue weighted by atomic mass is 9.92. The predicted molar refractivity (Wildman–Crippen MR) is 77.0 cm³/mol. The van der Waals surface area contributed by atoms with Gasteiger partial charge >= 0.3 is 0 Å². The van der Waals surface area contributed by atoms with E-state index in [1.807, 2.05) is 17.2 Å². The lowest BCUT2D eigenvalue weighted by molar-refractivity contribution is 0.0165. The molecule has 0 radical (unpaired) electrons. The van der Waals surface area contributed by atoms with E-state index in [0.29, 0.717) is 13.1 Å². The summed E-state index contributed by atoms with van der Waals surface area (Å²) >= 11 is 1.51. The molecule has 1 fully saturated rings. The Hall–Kier alpha value is -1.65. The van der Waals surface area contributed by atoms with Crippen molar-refractivity contribution in [3.8, 4) is 6.07 Å². The first-order valence-electron chi connectivity index (χ1n) is 6.52. The number of aliphatic hydroxyl groups is 1. The molecule has 2 aromatic heterocycles. The average Bonchev–Trinajstić information content (AvgIpc) is 2.81. The third kappa shape index (κ3) is 2.15. The molecule has 7 heteroatoms. The van der Waals surface area contributed by atoms with Crippen molar-refractivity contribution in [2.24, 2.45) is 0 Å². The molecule has 0 saturated carbocycles. The van der Waals surface area contributed by atoms with Crippen molar-refractivity contribution >= 4 is 21.4 Å². The maximum atomic E-state index is 10.0. The van der Waals surface area contributed by atoms with Gasteiger partial charge in [-0.1, -0.05) is 32.1 Å². The minimum atomic E-state index is -0.876. The van der Waals surface area contributed by atoms with Crippen LogP contribution in [0.25, 0.3) is 4.96 Å². The molecular formula is C13H17N5OS. The van der Waals surface area contributed by atoms with Crippen molar-refractivity contribution in [1.82, 2.24) is 14.6 Å². The van der Waals surface area contributed by atoms with E-state index in [2.05, 4.69) is 30.9 Å². The molecule has 0 atom stereocenters. The second-order valence-corrected chi connectivity index (χ2v) is 7.34. The Bertz CT molecular complexity index is 652. The minimum Gasteiger partial charge on any atom is -0.385 e. The van der Waals surface area contributed by atoms with E-state index < -0.39 is 5.60 Å². The summed E-state index contributed by atoms with van der Waals surface area (Å²) in [7, 11) is 0. The molecule has 3 rings (SSSR count). The smallest absolute Gasteiger partial charge is 0.214 e. The van der Waals surface area contributed by atoms with Crippen LogP contribution in [0.3, 0.4) is 0 Å². The van der Waals surface area contributed by atoms with Gasteiger partial charge in [0.25, 0.3) is 0 Å². The molecule has 1 saturated heterocycles. The number of nitrogens with zero attached hydrogens (tertiary/aromatic N) is 5. The van der Waals surface area contributed by atoms with Crippen LogP contribution in [0.1, 0.15) is 32.9 Å². The molecular weight excluding hydrogens is 274 g/mol. The van der Waals surface area contributed by atoms with Crippen molar-refractivity contribution in [3.63, 3.8) is 0 Å². The molecule has 0 aromatic carbocycles. The molecule has 0 spiro atoms. The average molecular weight is 291 g/mol. The van der Waals surface area contributed by atoms with E-state index in [9.17, 15) is 5.11 Å². The molecule has 106 valence electrons. The number of hydrogen-bond donors (Lipinski definition) is 1. The zero-order chi connectivity index (χ0) is 14.5. The van der Waals surface area contributed by atoms with Gasteiger partial charge in [-0.2, -0.15) is 5.26 Å². The highest BCUT2D eigenvalue weighted by Gasteiger charge is 2.42. The monoisotopic (exact) mass is 291 g/mol. The van der Waals surface area contributed by atoms with E-state index >= 15 is 0 Å². The number of rotatable bonds is 2. The first kappa shape index (κ1) is 13.3. The largest absolute Gasteiger partial charge is 0.385 e. The Kier molecular flexibility index (Phi) is 2.78. The molecule has 0 bridgehead atoms. The predicted octanol–water partition coefficient (Wildman–Crippen LogP) is 1.55. The number of nitriles is 1. The number of imidazole rings is 1. The molecule has 2 aromatic rings. The van der Waals surface area contributed by atoms with Crippen LogP contribution in [0.5, 0.6) is 0 Å². The van der Waals surface area contributed by atoms with Crippen LogP contribution < -0.4 is 4.90 Å². The van der Waals surface area contributed by atoms with Gasteiger partial charge in [-0.05, 0) is 0 Å². The first-order valence-corrected chi connectivity index (χ1v) is 7.33. The molecule has 20 heavy (non-hydrogen) atoms. The van der Waals surface area contributed by atoms with Gasteiger partial charge in [-0.15, -0.1) is 5.10 Å². The third-order valence-electron chi connectivity index (χ3n) is 3.45. The molecule has 3 heterocycles. The quantitative estimate of drug-likeness (QED) is 0.908. The highest BCUT2D eigenvalue weighted by molar-refractivity contribution is 7.20. The molecule has 0 aliphatic carbocycles. The summed E-state index contributed by atoms with van der Waals surface area (Å²) in [4.78, 5) is 7.44. The van der Waals surface area contributed by atoms with Crippen LogP contribution in [0, 0.1) is 11.3 Å². The van der Waals surface area contributed by atoms with E-state index in [4.69, 9.17) is 5.26 Å². The first-order chi connectivity index (χ1) is 9.31. The lowest BCUT2D eigenvalue weighted by Gasteiger charge is -2.44. The summed E-state index contributed by atoms with van der Waals surface area (Å²) < 4.78 is 1.79. The second-order valence-electron chi connectivity index (χ2n) is 6.40. The van der Waals surface area contributed by atoms with Gasteiger partial charge in [0.2, 0.25) is 10.1 Å². The Morgan fingerprint density at radius 2 is 2.20 bits per heavy atom. The van der Waals surface area contributed by atoms with Crippen LogP contribution in [-0.4, -0.2) is 38.4 Å². The van der Waals surface area contributed by atoms with Crippen molar-refractivity contribution < 1.29 is 5.11 Å². The van der Waals surface area contributed by atoms with Crippen LogP contribution in [-0.2, 0) is 5.41 Å². The van der Waals surface area contributed by atoms with Gasteiger partial charge in [-0.25, -0.2) is 9.50 Å². The summed E-state index contributed by atoms with van der Waals surface area (Å²) in [5, 5.41) is 24.0. The van der Waals surface area contributed by atoms with Crippen molar-refractivity contribution in [2.45, 2.75) is 38.2 Å². The van der Waals surface area contributed by atoms with Gasteiger partial charge in [-0.3, -0.25) is 0 Å². The summed E-state index contributed by atoms with van der Waals surface area (Å²) in [5.41, 5.74) is 0.156. The fourth-order valence-electron chi connectivity index (χ4n) is 2.24. The molecule has 1 aliphatic heterocycles. The number of aromatic nitrogens is 3. The minimum absolute atomic E-state index is 0.0113. The fraction of sp³-hybridized carbons (Fsp3) is 0.615.